The zero-order chi connectivity index (χ0) is 15.2. The summed E-state index contributed by atoms with van der Waals surface area (Å²) in [6.07, 6.45) is 2.47. The van der Waals surface area contributed by atoms with Crippen LogP contribution in [-0.2, 0) is 11.3 Å². The third-order valence-corrected chi connectivity index (χ3v) is 8.51. The molecule has 0 saturated carbocycles. The molecule has 0 bridgehead atoms. The molecule has 0 aliphatic carbocycles. The van der Waals surface area contributed by atoms with Crippen LogP contribution in [0.2, 0.25) is 0 Å². The second-order valence-corrected chi connectivity index (χ2v) is 10.1. The second kappa shape index (κ2) is 5.32. The summed E-state index contributed by atoms with van der Waals surface area (Å²) < 4.78 is 8.01. The first kappa shape index (κ1) is 14.2. The molecule has 2 aromatic carbocycles. The molecule has 3 aromatic rings. The fourth-order valence-electron chi connectivity index (χ4n) is 3.61. The van der Waals surface area contributed by atoms with E-state index in [0.29, 0.717) is 0 Å². The van der Waals surface area contributed by atoms with E-state index in [1.807, 2.05) is 0 Å². The Labute approximate surface area is 133 Å². The molecule has 2 heterocycles. The van der Waals surface area contributed by atoms with E-state index in [1.165, 1.54) is 33.3 Å². The average molecular weight is 313 g/mol. The third kappa shape index (κ3) is 2.07. The smallest absolute Gasteiger partial charge is 0.0545 e. The van der Waals surface area contributed by atoms with E-state index in [0.717, 1.165) is 19.8 Å². The number of benzene rings is 2. The van der Waals surface area contributed by atoms with Gasteiger partial charge in [-0.05, 0) is 42.3 Å². The number of rotatable bonds is 2. The van der Waals surface area contributed by atoms with Crippen molar-refractivity contribution in [3.05, 3.63) is 42.5 Å². The number of hydrogen-bond acceptors (Lipinski definition) is 1. The molecular formula is C19H23NOS. The maximum absolute atomic E-state index is 5.58. The third-order valence-electron chi connectivity index (χ3n) is 4.99. The summed E-state index contributed by atoms with van der Waals surface area (Å²) in [4.78, 5) is 1.54. The van der Waals surface area contributed by atoms with Crippen LogP contribution in [0.1, 0.15) is 6.92 Å². The first-order valence-electron chi connectivity index (χ1n) is 8.05. The molecule has 0 N–H and O–H groups in total. The van der Waals surface area contributed by atoms with Gasteiger partial charge in [0.05, 0.1) is 13.2 Å². The molecule has 3 heteroatoms. The molecule has 2 nitrogen and oxygen atoms in total. The molecule has 1 aliphatic rings. The van der Waals surface area contributed by atoms with E-state index in [-0.39, 0.29) is 0 Å². The van der Waals surface area contributed by atoms with Gasteiger partial charge in [0.15, 0.2) is 0 Å². The molecule has 0 unspecified atom stereocenters. The number of para-hydroxylation sites is 1. The van der Waals surface area contributed by atoms with Gasteiger partial charge in [0.1, 0.15) is 0 Å². The van der Waals surface area contributed by atoms with Crippen molar-refractivity contribution < 1.29 is 4.74 Å². The van der Waals surface area contributed by atoms with Crippen molar-refractivity contribution in [2.45, 2.75) is 18.4 Å². The highest BCUT2D eigenvalue weighted by atomic mass is 32.3. The van der Waals surface area contributed by atoms with Gasteiger partial charge in [-0.1, -0.05) is 18.2 Å². The summed E-state index contributed by atoms with van der Waals surface area (Å²) in [6, 6.07) is 16.0. The van der Waals surface area contributed by atoms with Gasteiger partial charge in [-0.2, -0.15) is 0 Å². The maximum Gasteiger partial charge on any atom is 0.0545 e. The molecular weight excluding hydrogens is 290 g/mol. The van der Waals surface area contributed by atoms with E-state index in [1.54, 1.807) is 4.90 Å². The zero-order valence-corrected chi connectivity index (χ0v) is 14.2. The Morgan fingerprint density at radius 1 is 1.00 bits per heavy atom. The Morgan fingerprint density at radius 2 is 1.73 bits per heavy atom. The molecule has 1 aromatic heterocycles. The van der Waals surface area contributed by atoms with Gasteiger partial charge in [-0.25, -0.2) is 10.0 Å². The van der Waals surface area contributed by atoms with Crippen LogP contribution in [0, 0.1) is 0 Å². The monoisotopic (exact) mass is 313 g/mol. The second-order valence-electron chi connectivity index (χ2n) is 6.24. The molecule has 1 saturated heterocycles. The van der Waals surface area contributed by atoms with Crippen molar-refractivity contribution in [3.8, 4) is 0 Å². The van der Waals surface area contributed by atoms with Crippen LogP contribution in [0.4, 0.5) is 0 Å². The molecule has 0 amide bonds. The van der Waals surface area contributed by atoms with Gasteiger partial charge >= 0.3 is 0 Å². The highest BCUT2D eigenvalue weighted by Crippen LogP contribution is 2.54. The molecule has 0 radical (unpaired) electrons. The zero-order valence-electron chi connectivity index (χ0n) is 13.3. The summed E-state index contributed by atoms with van der Waals surface area (Å²) >= 11 is 0. The number of fused-ring (bicyclic) bond motifs is 3. The minimum Gasteiger partial charge on any atom is -0.380 e. The Balaban J connectivity index is 1.96. The number of aromatic nitrogens is 1. The fourth-order valence-corrected chi connectivity index (χ4v) is 6.05. The van der Waals surface area contributed by atoms with Crippen molar-refractivity contribution in [1.29, 1.82) is 0 Å². The summed E-state index contributed by atoms with van der Waals surface area (Å²) in [5, 5.41) is 2.80. The summed E-state index contributed by atoms with van der Waals surface area (Å²) in [7, 11) is -0.711. The van der Waals surface area contributed by atoms with E-state index < -0.39 is 10.0 Å². The highest BCUT2D eigenvalue weighted by molar-refractivity contribution is 8.33. The van der Waals surface area contributed by atoms with E-state index in [2.05, 4.69) is 60.2 Å². The lowest BCUT2D eigenvalue weighted by Gasteiger charge is -2.39. The van der Waals surface area contributed by atoms with Crippen molar-refractivity contribution in [2.75, 3.05) is 31.0 Å². The summed E-state index contributed by atoms with van der Waals surface area (Å²) in [5.74, 6) is 2.40. The molecule has 116 valence electrons. The van der Waals surface area contributed by atoms with Gasteiger partial charge in [0, 0.05) is 39.9 Å². The normalized spacial score (nSPS) is 19.5. The van der Waals surface area contributed by atoms with Crippen molar-refractivity contribution in [2.24, 2.45) is 0 Å². The largest absolute Gasteiger partial charge is 0.380 e. The Morgan fingerprint density at radius 3 is 2.50 bits per heavy atom. The number of aryl methyl sites for hydroxylation is 1. The van der Waals surface area contributed by atoms with Crippen LogP contribution in [-0.4, -0.2) is 35.5 Å². The minimum absolute atomic E-state index is 0.711. The topological polar surface area (TPSA) is 14.2 Å². The molecule has 0 spiro atoms. The van der Waals surface area contributed by atoms with Gasteiger partial charge in [-0.15, -0.1) is 0 Å². The van der Waals surface area contributed by atoms with Crippen molar-refractivity contribution in [1.82, 2.24) is 4.57 Å². The maximum atomic E-state index is 5.58. The van der Waals surface area contributed by atoms with Gasteiger partial charge in [-0.3, -0.25) is 0 Å². The van der Waals surface area contributed by atoms with Gasteiger partial charge in [0.25, 0.3) is 0 Å². The van der Waals surface area contributed by atoms with Crippen LogP contribution in [0.3, 0.4) is 0 Å². The van der Waals surface area contributed by atoms with Gasteiger partial charge in [0.2, 0.25) is 0 Å². The Bertz CT molecular complexity index is 830. The van der Waals surface area contributed by atoms with Gasteiger partial charge < -0.3 is 9.30 Å². The minimum atomic E-state index is -0.711. The Kier molecular flexibility index (Phi) is 3.43. The first-order chi connectivity index (χ1) is 10.7. The molecule has 1 aliphatic heterocycles. The standard InChI is InChI=1S/C19H23NOS/c1-3-20-18-7-5-4-6-16(18)17-14-15(8-9-19(17)20)22(2)12-10-21-11-13-22/h4-9,14H,3,10-13H2,1-2H3. The predicted molar refractivity (Wildman–Crippen MR) is 97.5 cm³/mol. The van der Waals surface area contributed by atoms with Crippen LogP contribution < -0.4 is 0 Å². The van der Waals surface area contributed by atoms with E-state index in [4.69, 9.17) is 4.74 Å². The summed E-state index contributed by atoms with van der Waals surface area (Å²) in [5.41, 5.74) is 2.71. The fraction of sp³-hybridized carbons (Fsp3) is 0.368. The lowest BCUT2D eigenvalue weighted by Crippen LogP contribution is -2.22. The molecule has 22 heavy (non-hydrogen) atoms. The van der Waals surface area contributed by atoms with E-state index >= 15 is 0 Å². The molecule has 4 rings (SSSR count). The van der Waals surface area contributed by atoms with Crippen LogP contribution in [0.5, 0.6) is 0 Å². The quantitative estimate of drug-likeness (QED) is 0.672. The lowest BCUT2D eigenvalue weighted by atomic mass is 10.1. The highest BCUT2D eigenvalue weighted by Gasteiger charge is 2.24. The predicted octanol–water partition coefficient (Wildman–Crippen LogP) is 4.64. The number of hydrogen-bond donors (Lipinski definition) is 0. The Hall–Kier alpha value is -1.45. The number of ether oxygens (including phenoxy) is 1. The van der Waals surface area contributed by atoms with Crippen LogP contribution >= 0.6 is 10.0 Å². The first-order valence-corrected chi connectivity index (χ1v) is 10.4. The van der Waals surface area contributed by atoms with Crippen molar-refractivity contribution >= 4 is 31.8 Å². The lowest BCUT2D eigenvalue weighted by molar-refractivity contribution is 0.159. The average Bonchev–Trinajstić information content (AvgIpc) is 2.88. The van der Waals surface area contributed by atoms with Crippen LogP contribution in [0.15, 0.2) is 47.4 Å². The number of nitrogens with zero attached hydrogens (tertiary/aromatic N) is 1. The van der Waals surface area contributed by atoms with E-state index in [9.17, 15) is 0 Å². The summed E-state index contributed by atoms with van der Waals surface area (Å²) in [6.45, 7) is 5.08. The SMILES string of the molecule is CCn1c2ccccc2c2cc(S3(C)CCOCC3)ccc21. The van der Waals surface area contributed by atoms with Crippen LogP contribution in [0.25, 0.3) is 21.8 Å². The molecule has 0 atom stereocenters. The molecule has 1 fully saturated rings. The van der Waals surface area contributed by atoms with Crippen molar-refractivity contribution in [3.63, 3.8) is 0 Å².